The second-order valence-corrected chi connectivity index (χ2v) is 5.19. The summed E-state index contributed by atoms with van der Waals surface area (Å²) >= 11 is 0. The Bertz CT molecular complexity index is 627. The molecule has 1 heterocycles. The minimum atomic E-state index is 0.542. The van der Waals surface area contributed by atoms with Gasteiger partial charge in [-0.3, -0.25) is 0 Å². The van der Waals surface area contributed by atoms with Crippen LogP contribution in [-0.4, -0.2) is 15.7 Å². The average molecular weight is 282 g/mol. The monoisotopic (exact) mass is 282 g/mol. The molecule has 1 aromatic heterocycles. The quantitative estimate of drug-likeness (QED) is 0.668. The lowest BCUT2D eigenvalue weighted by Crippen LogP contribution is -2.06. The molecule has 0 unspecified atom stereocenters. The molecule has 0 aliphatic carbocycles. The van der Waals surface area contributed by atoms with Crippen LogP contribution in [0.2, 0.25) is 0 Å². The fourth-order valence-corrected chi connectivity index (χ4v) is 2.33. The van der Waals surface area contributed by atoms with Crippen LogP contribution in [-0.2, 0) is 6.42 Å². The molecule has 2 aromatic rings. The van der Waals surface area contributed by atoms with Gasteiger partial charge in [0.2, 0.25) is 5.95 Å². The van der Waals surface area contributed by atoms with E-state index in [1.165, 1.54) is 11.1 Å². The summed E-state index contributed by atoms with van der Waals surface area (Å²) in [5.74, 6) is 0.542. The molecule has 1 aromatic carbocycles. The Morgan fingerprint density at radius 3 is 2.48 bits per heavy atom. The van der Waals surface area contributed by atoms with Crippen LogP contribution >= 0.6 is 0 Å². The molecule has 0 aliphatic heterocycles. The van der Waals surface area contributed by atoms with E-state index in [4.69, 9.17) is 0 Å². The summed E-state index contributed by atoms with van der Waals surface area (Å²) in [5, 5.41) is 4.43. The second-order valence-electron chi connectivity index (χ2n) is 5.19. The van der Waals surface area contributed by atoms with Crippen LogP contribution in [0.15, 0.2) is 35.4 Å². The molecule has 0 saturated carbocycles. The van der Waals surface area contributed by atoms with Gasteiger partial charge in [0.05, 0.1) is 5.71 Å². The van der Waals surface area contributed by atoms with Crippen molar-refractivity contribution in [2.45, 2.75) is 40.5 Å². The number of nitrogens with one attached hydrogen (secondary N) is 1. The Morgan fingerprint density at radius 2 is 1.81 bits per heavy atom. The van der Waals surface area contributed by atoms with E-state index in [1.54, 1.807) is 0 Å². The zero-order chi connectivity index (χ0) is 15.2. The molecule has 0 aliphatic rings. The molecular weight excluding hydrogens is 260 g/mol. The summed E-state index contributed by atoms with van der Waals surface area (Å²) in [6.45, 7) is 8.09. The van der Waals surface area contributed by atoms with Gasteiger partial charge in [-0.05, 0) is 38.8 Å². The number of hydrogen-bond acceptors (Lipinski definition) is 4. The highest BCUT2D eigenvalue weighted by atomic mass is 15.4. The lowest BCUT2D eigenvalue weighted by molar-refractivity contribution is 0.919. The van der Waals surface area contributed by atoms with Crippen molar-refractivity contribution < 1.29 is 0 Å². The van der Waals surface area contributed by atoms with Crippen molar-refractivity contribution in [2.75, 3.05) is 5.43 Å². The first-order chi connectivity index (χ1) is 10.1. The van der Waals surface area contributed by atoms with Gasteiger partial charge in [0.1, 0.15) is 0 Å². The van der Waals surface area contributed by atoms with E-state index in [0.717, 1.165) is 29.9 Å². The number of rotatable bonds is 5. The van der Waals surface area contributed by atoms with Crippen LogP contribution in [0.5, 0.6) is 0 Å². The SMILES string of the molecule is CCCc1ccccc1C(C)=NNc1nc(C)cc(C)n1. The Hall–Kier alpha value is -2.23. The van der Waals surface area contributed by atoms with Crippen LogP contribution in [0.1, 0.15) is 42.8 Å². The van der Waals surface area contributed by atoms with Crippen molar-refractivity contribution in [3.05, 3.63) is 52.8 Å². The minimum absolute atomic E-state index is 0.542. The summed E-state index contributed by atoms with van der Waals surface area (Å²) in [7, 11) is 0. The molecule has 4 nitrogen and oxygen atoms in total. The number of hydrogen-bond donors (Lipinski definition) is 1. The molecule has 0 fully saturated rings. The van der Waals surface area contributed by atoms with Crippen LogP contribution in [0.3, 0.4) is 0 Å². The van der Waals surface area contributed by atoms with Gasteiger partial charge in [-0.2, -0.15) is 5.10 Å². The maximum Gasteiger partial charge on any atom is 0.243 e. The molecule has 2 rings (SSSR count). The summed E-state index contributed by atoms with van der Waals surface area (Å²) in [4.78, 5) is 8.66. The molecule has 1 N–H and O–H groups in total. The van der Waals surface area contributed by atoms with Crippen LogP contribution in [0.25, 0.3) is 0 Å². The van der Waals surface area contributed by atoms with E-state index >= 15 is 0 Å². The molecule has 0 spiro atoms. The van der Waals surface area contributed by atoms with Gasteiger partial charge in [-0.1, -0.05) is 37.6 Å². The van der Waals surface area contributed by atoms with Crippen molar-refractivity contribution in [2.24, 2.45) is 5.10 Å². The van der Waals surface area contributed by atoms with Gasteiger partial charge in [0.25, 0.3) is 0 Å². The molecule has 21 heavy (non-hydrogen) atoms. The van der Waals surface area contributed by atoms with E-state index < -0.39 is 0 Å². The van der Waals surface area contributed by atoms with Gasteiger partial charge in [0.15, 0.2) is 0 Å². The number of benzene rings is 1. The van der Waals surface area contributed by atoms with Crippen LogP contribution < -0.4 is 5.43 Å². The smallest absolute Gasteiger partial charge is 0.243 e. The normalized spacial score (nSPS) is 11.5. The molecular formula is C17H22N4. The largest absolute Gasteiger partial charge is 0.245 e. The topological polar surface area (TPSA) is 50.2 Å². The van der Waals surface area contributed by atoms with E-state index in [1.807, 2.05) is 32.9 Å². The number of aromatic nitrogens is 2. The van der Waals surface area contributed by atoms with Gasteiger partial charge < -0.3 is 0 Å². The number of anilines is 1. The molecule has 0 saturated heterocycles. The van der Waals surface area contributed by atoms with Crippen LogP contribution in [0, 0.1) is 13.8 Å². The summed E-state index contributed by atoms with van der Waals surface area (Å²) in [5.41, 5.74) is 8.28. The Labute approximate surface area is 126 Å². The Kier molecular flexibility index (Phi) is 5.04. The first kappa shape index (κ1) is 15.2. The molecule has 0 radical (unpaired) electrons. The first-order valence-corrected chi connectivity index (χ1v) is 7.31. The van der Waals surface area contributed by atoms with E-state index in [-0.39, 0.29) is 0 Å². The van der Waals surface area contributed by atoms with Crippen molar-refractivity contribution in [1.29, 1.82) is 0 Å². The van der Waals surface area contributed by atoms with Crippen molar-refractivity contribution in [3.63, 3.8) is 0 Å². The zero-order valence-electron chi connectivity index (χ0n) is 13.1. The Balaban J connectivity index is 2.21. The summed E-state index contributed by atoms with van der Waals surface area (Å²) < 4.78 is 0. The van der Waals surface area contributed by atoms with Gasteiger partial charge in [0, 0.05) is 17.0 Å². The Morgan fingerprint density at radius 1 is 1.14 bits per heavy atom. The third kappa shape index (κ3) is 4.12. The second kappa shape index (κ2) is 6.97. The predicted molar refractivity (Wildman–Crippen MR) is 87.8 cm³/mol. The number of aryl methyl sites for hydroxylation is 3. The van der Waals surface area contributed by atoms with Gasteiger partial charge >= 0.3 is 0 Å². The zero-order valence-corrected chi connectivity index (χ0v) is 13.1. The van der Waals surface area contributed by atoms with Crippen LogP contribution in [0.4, 0.5) is 5.95 Å². The van der Waals surface area contributed by atoms with Gasteiger partial charge in [-0.15, -0.1) is 0 Å². The van der Waals surface area contributed by atoms with Crippen molar-refractivity contribution in [1.82, 2.24) is 9.97 Å². The highest BCUT2D eigenvalue weighted by Crippen LogP contribution is 2.13. The van der Waals surface area contributed by atoms with Gasteiger partial charge in [-0.25, -0.2) is 15.4 Å². The standard InChI is InChI=1S/C17H22N4/c1-5-8-15-9-6-7-10-16(15)14(4)20-21-17-18-12(2)11-13(3)19-17/h6-7,9-11H,5,8H2,1-4H3,(H,18,19,21). The van der Waals surface area contributed by atoms with E-state index in [0.29, 0.717) is 5.95 Å². The molecule has 110 valence electrons. The summed E-state index contributed by atoms with van der Waals surface area (Å²) in [6, 6.07) is 10.3. The third-order valence-corrected chi connectivity index (χ3v) is 3.23. The maximum absolute atomic E-state index is 4.43. The lowest BCUT2D eigenvalue weighted by atomic mass is 10.0. The molecule has 0 bridgehead atoms. The lowest BCUT2D eigenvalue weighted by Gasteiger charge is -2.08. The fraction of sp³-hybridized carbons (Fsp3) is 0.353. The highest BCUT2D eigenvalue weighted by molar-refractivity contribution is 6.00. The molecule has 4 heteroatoms. The average Bonchev–Trinajstić information content (AvgIpc) is 2.45. The van der Waals surface area contributed by atoms with Crippen molar-refractivity contribution >= 4 is 11.7 Å². The number of hydrazone groups is 1. The number of nitrogens with zero attached hydrogens (tertiary/aromatic N) is 3. The highest BCUT2D eigenvalue weighted by Gasteiger charge is 2.05. The fourth-order valence-electron chi connectivity index (χ4n) is 2.33. The van der Waals surface area contributed by atoms with Crippen molar-refractivity contribution in [3.8, 4) is 0 Å². The third-order valence-electron chi connectivity index (χ3n) is 3.23. The maximum atomic E-state index is 4.43. The molecule has 0 amide bonds. The summed E-state index contributed by atoms with van der Waals surface area (Å²) in [6.07, 6.45) is 2.18. The minimum Gasteiger partial charge on any atom is -0.245 e. The van der Waals surface area contributed by atoms with E-state index in [2.05, 4.69) is 45.6 Å². The van der Waals surface area contributed by atoms with E-state index in [9.17, 15) is 0 Å². The predicted octanol–water partition coefficient (Wildman–Crippen LogP) is 3.88. The first-order valence-electron chi connectivity index (χ1n) is 7.31. The molecule has 0 atom stereocenters.